The first kappa shape index (κ1) is 18.0. The maximum Gasteiger partial charge on any atom is 0.291 e. The van der Waals surface area contributed by atoms with Crippen LogP contribution in [-0.2, 0) is 20.0 Å². The lowest BCUT2D eigenvalue weighted by Gasteiger charge is -2.11. The summed E-state index contributed by atoms with van der Waals surface area (Å²) < 4.78 is 17.9. The normalized spacial score (nSPS) is 14.5. The van der Waals surface area contributed by atoms with Gasteiger partial charge in [-0.05, 0) is 0 Å². The average molecular weight is 433 g/mol. The number of nitrogens with zero attached hydrogens (tertiary/aromatic N) is 6. The molecule has 0 saturated heterocycles. The van der Waals surface area contributed by atoms with Gasteiger partial charge in [-0.1, -0.05) is 11.3 Å². The zero-order valence-electron chi connectivity index (χ0n) is 15.4. The lowest BCUT2D eigenvalue weighted by Crippen LogP contribution is -2.36. The van der Waals surface area contributed by atoms with E-state index >= 15 is 0 Å². The van der Waals surface area contributed by atoms with E-state index in [1.165, 1.54) is 16.0 Å². The third-order valence-electron chi connectivity index (χ3n) is 4.62. The van der Waals surface area contributed by atoms with Crippen molar-refractivity contribution in [3.05, 3.63) is 44.3 Å². The quantitative estimate of drug-likeness (QED) is 0.435. The Hall–Kier alpha value is -3.03. The van der Waals surface area contributed by atoms with Gasteiger partial charge in [-0.3, -0.25) is 4.79 Å². The summed E-state index contributed by atoms with van der Waals surface area (Å²) in [7, 11) is 3.62. The number of aryl methyl sites for hydroxylation is 1. The Morgan fingerprint density at radius 2 is 2.10 bits per heavy atom. The zero-order valence-corrected chi connectivity index (χ0v) is 17.1. The Morgan fingerprint density at radius 3 is 2.79 bits per heavy atom. The first-order valence-electron chi connectivity index (χ1n) is 8.61. The van der Waals surface area contributed by atoms with E-state index in [4.69, 9.17) is 5.73 Å². The number of rotatable bonds is 4. The van der Waals surface area contributed by atoms with E-state index < -0.39 is 5.13 Å². The summed E-state index contributed by atoms with van der Waals surface area (Å²) in [6, 6.07) is 0. The van der Waals surface area contributed by atoms with Gasteiger partial charge in [0.1, 0.15) is 10.5 Å². The van der Waals surface area contributed by atoms with Crippen molar-refractivity contribution >= 4 is 49.1 Å². The molecule has 0 aliphatic carbocycles. The van der Waals surface area contributed by atoms with Gasteiger partial charge in [0.05, 0.1) is 28.8 Å². The maximum absolute atomic E-state index is 13.9. The molecule has 150 valence electrons. The maximum atomic E-state index is 13.9. The number of hydrogen-bond acceptors (Lipinski definition) is 10. The van der Waals surface area contributed by atoms with Crippen molar-refractivity contribution in [2.75, 3.05) is 12.8 Å². The van der Waals surface area contributed by atoms with Gasteiger partial charge < -0.3 is 21.2 Å². The summed E-state index contributed by atoms with van der Waals surface area (Å²) >= 11 is 2.22. The smallest absolute Gasteiger partial charge is 0.291 e. The fraction of sp³-hybridized carbons (Fsp3) is 0.250. The number of nitrogens with two attached hydrogens (primary N) is 1. The molecule has 29 heavy (non-hydrogen) atoms. The average Bonchev–Trinajstić information content (AvgIpc) is 3.39. The van der Waals surface area contributed by atoms with Gasteiger partial charge in [-0.2, -0.15) is 9.49 Å². The summed E-state index contributed by atoms with van der Waals surface area (Å²) in [4.78, 5) is 21.6. The van der Waals surface area contributed by atoms with Gasteiger partial charge in [0, 0.05) is 32.1 Å². The van der Waals surface area contributed by atoms with Crippen LogP contribution in [0.15, 0.2) is 22.9 Å². The van der Waals surface area contributed by atoms with Crippen LogP contribution >= 0.6 is 22.7 Å². The van der Waals surface area contributed by atoms with Gasteiger partial charge in [-0.15, -0.1) is 16.5 Å². The minimum absolute atomic E-state index is 0.196. The van der Waals surface area contributed by atoms with Crippen molar-refractivity contribution < 1.29 is 4.39 Å². The highest BCUT2D eigenvalue weighted by molar-refractivity contribution is 7.19. The minimum atomic E-state index is -0.397. The molecule has 0 saturated carbocycles. The van der Waals surface area contributed by atoms with E-state index in [0.717, 1.165) is 27.1 Å². The molecule has 0 spiro atoms. The number of allylic oxidation sites excluding steroid dienone is 1. The number of nitrogens with one attached hydrogen (secondary N) is 2. The SMILES string of the molecule is CN1NC=C(Cn2ncc3c4sc(Cc5nc(N)sc5F)nc4n(C)c3c2=O)N1. The molecule has 0 radical (unpaired) electrons. The lowest BCUT2D eigenvalue weighted by molar-refractivity contribution is 0.237. The van der Waals surface area contributed by atoms with Crippen molar-refractivity contribution in [3.8, 4) is 0 Å². The van der Waals surface area contributed by atoms with Crippen LogP contribution in [0, 0.1) is 5.13 Å². The molecule has 1 aliphatic heterocycles. The highest BCUT2D eigenvalue weighted by Gasteiger charge is 2.20. The zero-order chi connectivity index (χ0) is 20.3. The number of anilines is 1. The number of hydrogen-bond donors (Lipinski definition) is 3. The number of hydrazine groups is 2. The van der Waals surface area contributed by atoms with Gasteiger partial charge in [0.15, 0.2) is 10.8 Å². The van der Waals surface area contributed by atoms with Crippen LogP contribution in [0.2, 0.25) is 0 Å². The van der Waals surface area contributed by atoms with Crippen LogP contribution < -0.4 is 22.1 Å². The van der Waals surface area contributed by atoms with Crippen LogP contribution in [-0.4, -0.2) is 36.5 Å². The van der Waals surface area contributed by atoms with E-state index in [0.29, 0.717) is 22.7 Å². The summed E-state index contributed by atoms with van der Waals surface area (Å²) in [6.45, 7) is 0.314. The molecular weight excluding hydrogens is 417 g/mol. The Balaban J connectivity index is 1.54. The molecule has 13 heteroatoms. The Labute approximate surface area is 171 Å². The third-order valence-corrected chi connectivity index (χ3v) is 6.41. The van der Waals surface area contributed by atoms with E-state index in [-0.39, 0.29) is 22.8 Å². The number of halogens is 1. The highest BCUT2D eigenvalue weighted by Crippen LogP contribution is 2.32. The molecule has 0 fully saturated rings. The topological polar surface area (TPSA) is 119 Å². The predicted octanol–water partition coefficient (Wildman–Crippen LogP) is 0.909. The number of fused-ring (bicyclic) bond motifs is 3. The van der Waals surface area contributed by atoms with E-state index in [1.807, 2.05) is 7.05 Å². The molecule has 0 unspecified atom stereocenters. The molecule has 0 amide bonds. The predicted molar refractivity (Wildman–Crippen MR) is 110 cm³/mol. The highest BCUT2D eigenvalue weighted by atomic mass is 32.1. The summed E-state index contributed by atoms with van der Waals surface area (Å²) in [5.74, 6) is 0. The van der Waals surface area contributed by atoms with Crippen molar-refractivity contribution in [1.29, 1.82) is 0 Å². The molecule has 0 atom stereocenters. The second-order valence-corrected chi connectivity index (χ2v) is 8.67. The van der Waals surface area contributed by atoms with Gasteiger partial charge in [0.25, 0.3) is 5.56 Å². The van der Waals surface area contributed by atoms with E-state index in [9.17, 15) is 9.18 Å². The van der Waals surface area contributed by atoms with Gasteiger partial charge in [-0.25, -0.2) is 14.6 Å². The fourth-order valence-corrected chi connectivity index (χ4v) is 5.01. The van der Waals surface area contributed by atoms with E-state index in [1.54, 1.807) is 29.1 Å². The second-order valence-electron chi connectivity index (χ2n) is 6.61. The second kappa shape index (κ2) is 6.50. The van der Waals surface area contributed by atoms with Crippen molar-refractivity contribution in [1.82, 2.24) is 40.3 Å². The minimum Gasteiger partial charge on any atom is -0.375 e. The lowest BCUT2D eigenvalue weighted by atomic mass is 10.3. The molecule has 4 N–H and O–H groups in total. The summed E-state index contributed by atoms with van der Waals surface area (Å²) in [5, 5.41) is 7.24. The van der Waals surface area contributed by atoms with Crippen LogP contribution in [0.25, 0.3) is 21.3 Å². The monoisotopic (exact) mass is 433 g/mol. The van der Waals surface area contributed by atoms with Crippen LogP contribution in [0.1, 0.15) is 10.7 Å². The van der Waals surface area contributed by atoms with Crippen molar-refractivity contribution in [2.24, 2.45) is 7.05 Å². The molecule has 5 heterocycles. The number of aromatic nitrogens is 5. The molecule has 1 aliphatic rings. The summed E-state index contributed by atoms with van der Waals surface area (Å²) in [6.07, 6.45) is 3.71. The van der Waals surface area contributed by atoms with Crippen LogP contribution in [0.4, 0.5) is 9.52 Å². The summed E-state index contributed by atoms with van der Waals surface area (Å²) in [5.41, 5.74) is 13.7. The van der Waals surface area contributed by atoms with Crippen LogP contribution in [0.3, 0.4) is 0 Å². The first-order chi connectivity index (χ1) is 13.9. The fourth-order valence-electron chi connectivity index (χ4n) is 3.32. The van der Waals surface area contributed by atoms with Crippen LogP contribution in [0.5, 0.6) is 0 Å². The Morgan fingerprint density at radius 1 is 1.28 bits per heavy atom. The van der Waals surface area contributed by atoms with Gasteiger partial charge in [0.2, 0.25) is 5.13 Å². The molecule has 5 rings (SSSR count). The van der Waals surface area contributed by atoms with Crippen molar-refractivity contribution in [3.63, 3.8) is 0 Å². The van der Waals surface area contributed by atoms with Gasteiger partial charge >= 0.3 is 0 Å². The standard InChI is InChI=1S/C16H16FN9OS2/c1-24-11-8(5-20-26(15(11)27)6-7-4-19-25(2)23-7)12-14(24)22-10(28-12)3-9-13(17)29-16(18)21-9/h4-5,19,23H,3,6H2,1-2H3,(H2,18,21). The molecule has 0 bridgehead atoms. The molecular formula is C16H16FN9OS2. The van der Waals surface area contributed by atoms with E-state index in [2.05, 4.69) is 25.9 Å². The first-order valence-corrected chi connectivity index (χ1v) is 10.2. The molecule has 4 aromatic heterocycles. The largest absolute Gasteiger partial charge is 0.375 e. The number of thiazole rings is 2. The molecule has 4 aromatic rings. The Kier molecular flexibility index (Phi) is 4.04. The Bertz CT molecular complexity index is 1350. The molecule has 0 aromatic carbocycles. The molecule has 10 nitrogen and oxygen atoms in total. The van der Waals surface area contributed by atoms with Crippen molar-refractivity contribution in [2.45, 2.75) is 13.0 Å². The third kappa shape index (κ3) is 2.94. The number of nitrogen functional groups attached to an aromatic ring is 1.